The van der Waals surface area contributed by atoms with Gasteiger partial charge in [0.25, 0.3) is 0 Å². The molecule has 1 aliphatic heterocycles. The first-order chi connectivity index (χ1) is 19.9. The quantitative estimate of drug-likeness (QED) is 0.196. The normalized spacial score (nSPS) is 16.4. The lowest BCUT2D eigenvalue weighted by atomic mass is 9.97. The van der Waals surface area contributed by atoms with Crippen LogP contribution in [-0.2, 0) is 16.1 Å². The van der Waals surface area contributed by atoms with E-state index in [1.165, 1.54) is 20.3 Å². The minimum absolute atomic E-state index is 0.0108. The molecule has 1 fully saturated rings. The van der Waals surface area contributed by atoms with Crippen LogP contribution < -0.4 is 20.1 Å². The fraction of sp³-hybridized carbons (Fsp3) is 0.267. The van der Waals surface area contributed by atoms with Crippen LogP contribution in [0.25, 0.3) is 22.2 Å². The van der Waals surface area contributed by atoms with Gasteiger partial charge in [0, 0.05) is 42.1 Å². The van der Waals surface area contributed by atoms with Crippen molar-refractivity contribution >= 4 is 51.7 Å². The highest BCUT2D eigenvalue weighted by molar-refractivity contribution is 6.41. The van der Waals surface area contributed by atoms with Gasteiger partial charge in [0.2, 0.25) is 5.95 Å². The Morgan fingerprint density at radius 3 is 2.51 bits per heavy atom. The van der Waals surface area contributed by atoms with E-state index in [4.69, 9.17) is 47.4 Å². The van der Waals surface area contributed by atoms with E-state index in [0.717, 1.165) is 5.56 Å². The maximum Gasteiger partial charge on any atom is 0.223 e. The number of anilines is 2. The summed E-state index contributed by atoms with van der Waals surface area (Å²) in [4.78, 5) is 26.2. The molecule has 0 unspecified atom stereocenters. The van der Waals surface area contributed by atoms with E-state index < -0.39 is 0 Å². The molecular weight excluding hydrogens is 565 g/mol. The average Bonchev–Trinajstić information content (AvgIpc) is 3.42. The second-order valence-corrected chi connectivity index (χ2v) is 10.3. The van der Waals surface area contributed by atoms with Crippen LogP contribution in [0.1, 0.15) is 12.0 Å². The fourth-order valence-electron chi connectivity index (χ4n) is 4.72. The van der Waals surface area contributed by atoms with E-state index in [1.54, 1.807) is 12.3 Å². The molecule has 1 aliphatic rings. The second kappa shape index (κ2) is 12.7. The van der Waals surface area contributed by atoms with Gasteiger partial charge >= 0.3 is 0 Å². The van der Waals surface area contributed by atoms with Crippen molar-refractivity contribution < 1.29 is 19.0 Å². The minimum Gasteiger partial charge on any atom is -0.495 e. The molecule has 2 atom stereocenters. The van der Waals surface area contributed by atoms with Crippen LogP contribution in [0.4, 0.5) is 11.8 Å². The van der Waals surface area contributed by atoms with Crippen molar-refractivity contribution in [1.82, 2.24) is 15.0 Å². The van der Waals surface area contributed by atoms with Gasteiger partial charge in [0.05, 0.1) is 49.2 Å². The lowest BCUT2D eigenvalue weighted by molar-refractivity contribution is -0.115. The number of rotatable bonds is 11. The van der Waals surface area contributed by atoms with Crippen molar-refractivity contribution in [1.29, 1.82) is 0 Å². The summed E-state index contributed by atoms with van der Waals surface area (Å²) in [5.74, 6) is 1.69. The van der Waals surface area contributed by atoms with Crippen molar-refractivity contribution in [2.45, 2.75) is 19.0 Å². The number of pyridine rings is 1. The minimum atomic E-state index is -0.119. The number of halogens is 2. The Hall–Kier alpha value is -3.92. The first-order valence-corrected chi connectivity index (χ1v) is 13.7. The summed E-state index contributed by atoms with van der Waals surface area (Å²) >= 11 is 13.5. The number of carbonyl (C=O) groups excluding carboxylic acids is 1. The molecule has 9 nitrogen and oxygen atoms in total. The highest BCUT2D eigenvalue weighted by Gasteiger charge is 2.30. The summed E-state index contributed by atoms with van der Waals surface area (Å²) in [6.07, 6.45) is 3.39. The van der Waals surface area contributed by atoms with Gasteiger partial charge in [-0.3, -0.25) is 4.79 Å². The van der Waals surface area contributed by atoms with Gasteiger partial charge in [0.1, 0.15) is 17.0 Å². The topological polar surface area (TPSA) is 107 Å². The number of carbonyl (C=O) groups is 1. The van der Waals surface area contributed by atoms with Crippen molar-refractivity contribution in [3.05, 3.63) is 76.9 Å². The summed E-state index contributed by atoms with van der Waals surface area (Å²) < 4.78 is 16.6. The zero-order chi connectivity index (χ0) is 28.9. The molecule has 2 aromatic heterocycles. The Kier molecular flexibility index (Phi) is 8.87. The number of ketones is 1. The standard InChI is InChI=1S/C30H29Cl2N5O4/c1-4-20(38)10-19-15-41-16-22(19)36-30-34-14-18-11-21(25-26(31)23(39-2)12-24(40-3)27(25)32)35-29(28(18)37-30)33-13-17-8-6-5-7-9-17/h4-9,11-12,14,19,22H,1,10,13,15-16H2,2-3H3,(H,33,35)(H,34,36,37)/t19-,22+/m0/s1. The Morgan fingerprint density at radius 1 is 1.10 bits per heavy atom. The molecule has 0 spiro atoms. The Labute approximate surface area is 247 Å². The summed E-state index contributed by atoms with van der Waals surface area (Å²) in [5.41, 5.74) is 2.63. The Morgan fingerprint density at radius 2 is 1.83 bits per heavy atom. The third kappa shape index (κ3) is 6.22. The molecule has 3 heterocycles. The van der Waals surface area contributed by atoms with E-state index in [1.807, 2.05) is 36.4 Å². The van der Waals surface area contributed by atoms with E-state index in [-0.39, 0.29) is 17.7 Å². The van der Waals surface area contributed by atoms with Gasteiger partial charge in [-0.25, -0.2) is 15.0 Å². The molecule has 11 heteroatoms. The lowest BCUT2D eigenvalue weighted by Crippen LogP contribution is -2.30. The third-order valence-corrected chi connectivity index (χ3v) is 7.65. The van der Waals surface area contributed by atoms with Crippen molar-refractivity contribution in [2.75, 3.05) is 38.1 Å². The maximum absolute atomic E-state index is 12.0. The Bertz CT molecular complexity index is 1560. The molecular formula is C30H29Cl2N5O4. The first kappa shape index (κ1) is 28.6. The molecule has 0 amide bonds. The number of ether oxygens (including phenoxy) is 3. The van der Waals surface area contributed by atoms with E-state index in [0.29, 0.717) is 81.7 Å². The number of nitrogens with one attached hydrogen (secondary N) is 2. The highest BCUT2D eigenvalue weighted by Crippen LogP contribution is 2.46. The molecule has 41 heavy (non-hydrogen) atoms. The molecule has 212 valence electrons. The van der Waals surface area contributed by atoms with E-state index >= 15 is 0 Å². The van der Waals surface area contributed by atoms with Gasteiger partial charge in [-0.15, -0.1) is 0 Å². The molecule has 0 bridgehead atoms. The van der Waals surface area contributed by atoms with Gasteiger partial charge in [-0.1, -0.05) is 60.1 Å². The van der Waals surface area contributed by atoms with Crippen LogP contribution in [-0.4, -0.2) is 54.2 Å². The monoisotopic (exact) mass is 593 g/mol. The Balaban J connectivity index is 1.57. The van der Waals surface area contributed by atoms with E-state index in [9.17, 15) is 4.79 Å². The molecule has 2 N–H and O–H groups in total. The summed E-state index contributed by atoms with van der Waals surface area (Å²) in [7, 11) is 3.04. The molecule has 0 saturated carbocycles. The molecule has 1 saturated heterocycles. The van der Waals surface area contributed by atoms with Crippen LogP contribution >= 0.6 is 23.2 Å². The summed E-state index contributed by atoms with van der Waals surface area (Å²) in [6.45, 7) is 5.00. The van der Waals surface area contributed by atoms with Gasteiger partial charge in [-0.2, -0.15) is 0 Å². The molecule has 0 radical (unpaired) electrons. The zero-order valence-corrected chi connectivity index (χ0v) is 24.1. The van der Waals surface area contributed by atoms with Crippen molar-refractivity contribution in [3.63, 3.8) is 0 Å². The number of benzene rings is 2. The second-order valence-electron chi connectivity index (χ2n) is 9.53. The number of hydrogen-bond acceptors (Lipinski definition) is 9. The molecule has 2 aromatic carbocycles. The maximum atomic E-state index is 12.0. The van der Waals surface area contributed by atoms with Gasteiger partial charge in [-0.05, 0) is 17.7 Å². The molecule has 5 rings (SSSR count). The number of methoxy groups -OCH3 is 2. The molecule has 0 aliphatic carbocycles. The highest BCUT2D eigenvalue weighted by atomic mass is 35.5. The number of aromatic nitrogens is 3. The summed E-state index contributed by atoms with van der Waals surface area (Å²) in [6, 6.07) is 13.3. The number of hydrogen-bond donors (Lipinski definition) is 2. The van der Waals surface area contributed by atoms with Crippen LogP contribution in [0, 0.1) is 5.92 Å². The average molecular weight is 594 g/mol. The van der Waals surface area contributed by atoms with Crippen molar-refractivity contribution in [2.24, 2.45) is 5.92 Å². The van der Waals surface area contributed by atoms with Gasteiger partial charge in [0.15, 0.2) is 11.6 Å². The number of allylic oxidation sites excluding steroid dienone is 1. The number of nitrogens with zero attached hydrogens (tertiary/aromatic N) is 3. The first-order valence-electron chi connectivity index (χ1n) is 13.0. The lowest BCUT2D eigenvalue weighted by Gasteiger charge is -2.19. The van der Waals surface area contributed by atoms with E-state index in [2.05, 4.69) is 22.2 Å². The largest absolute Gasteiger partial charge is 0.495 e. The smallest absolute Gasteiger partial charge is 0.223 e. The molecule has 4 aromatic rings. The van der Waals surface area contributed by atoms with Gasteiger partial charge < -0.3 is 24.8 Å². The third-order valence-electron chi connectivity index (χ3n) is 6.90. The SMILES string of the molecule is C=CC(=O)C[C@H]1COC[C@H]1Nc1ncc2cc(-c3c(Cl)c(OC)cc(OC)c3Cl)nc(NCc3ccccc3)c2n1. The predicted molar refractivity (Wildman–Crippen MR) is 161 cm³/mol. The predicted octanol–water partition coefficient (Wildman–Crippen LogP) is 6.20. The van der Waals surface area contributed by atoms with Crippen LogP contribution in [0.2, 0.25) is 10.0 Å². The fourth-order valence-corrected chi connectivity index (χ4v) is 5.41. The van der Waals surface area contributed by atoms with Crippen LogP contribution in [0.3, 0.4) is 0 Å². The zero-order valence-electron chi connectivity index (χ0n) is 22.6. The van der Waals surface area contributed by atoms with Crippen LogP contribution in [0.5, 0.6) is 11.5 Å². The van der Waals surface area contributed by atoms with Crippen molar-refractivity contribution in [3.8, 4) is 22.8 Å². The summed E-state index contributed by atoms with van der Waals surface area (Å²) in [5, 5.41) is 8.08. The number of fused-ring (bicyclic) bond motifs is 1. The van der Waals surface area contributed by atoms with Crippen LogP contribution in [0.15, 0.2) is 61.3 Å².